The molecule has 26 heavy (non-hydrogen) atoms. The molecule has 3 nitrogen and oxygen atoms in total. The summed E-state index contributed by atoms with van der Waals surface area (Å²) in [7, 11) is 0. The molecule has 144 valence electrons. The van der Waals surface area contributed by atoms with Crippen molar-refractivity contribution in [1.29, 1.82) is 5.41 Å². The summed E-state index contributed by atoms with van der Waals surface area (Å²) in [5, 5.41) is 8.02. The molecule has 4 fully saturated rings. The predicted molar refractivity (Wildman–Crippen MR) is 93.9 cm³/mol. The second kappa shape index (κ2) is 6.29. The van der Waals surface area contributed by atoms with Gasteiger partial charge in [0, 0.05) is 5.54 Å². The number of nitrogens with two attached hydrogens (primary N) is 1. The molecule has 4 aliphatic carbocycles. The molecule has 5 rings (SSSR count). The van der Waals surface area contributed by atoms with Crippen LogP contribution in [0.3, 0.4) is 0 Å². The van der Waals surface area contributed by atoms with Gasteiger partial charge in [0.05, 0.1) is 11.3 Å². The zero-order valence-corrected chi connectivity index (χ0v) is 15.0. The van der Waals surface area contributed by atoms with Gasteiger partial charge in [0.1, 0.15) is 5.82 Å². The van der Waals surface area contributed by atoms with Crippen molar-refractivity contribution in [3.05, 3.63) is 29.6 Å². The predicted octanol–water partition coefficient (Wildman–Crippen LogP) is 4.93. The van der Waals surface area contributed by atoms with E-state index in [1.54, 1.807) is 0 Å². The van der Waals surface area contributed by atoms with Gasteiger partial charge in [-0.15, -0.1) is 12.4 Å². The molecular formula is C18H22ClF4N3. The summed E-state index contributed by atoms with van der Waals surface area (Å²) < 4.78 is 54.1. The van der Waals surface area contributed by atoms with E-state index in [0.29, 0.717) is 23.8 Å². The Morgan fingerprint density at radius 2 is 1.58 bits per heavy atom. The minimum Gasteiger partial charge on any atom is -0.370 e. The van der Waals surface area contributed by atoms with Crippen LogP contribution in [0.15, 0.2) is 18.2 Å². The molecule has 0 aliphatic heterocycles. The van der Waals surface area contributed by atoms with Crippen LogP contribution in [0.5, 0.6) is 0 Å². The number of alkyl halides is 3. The van der Waals surface area contributed by atoms with Crippen molar-refractivity contribution in [2.45, 2.75) is 50.2 Å². The lowest BCUT2D eigenvalue weighted by atomic mass is 9.52. The van der Waals surface area contributed by atoms with Gasteiger partial charge in [-0.25, -0.2) is 4.39 Å². The fraction of sp³-hybridized carbons (Fsp3) is 0.611. The van der Waals surface area contributed by atoms with Crippen LogP contribution in [0.2, 0.25) is 0 Å². The van der Waals surface area contributed by atoms with Crippen LogP contribution in [0, 0.1) is 29.0 Å². The maximum absolute atomic E-state index is 13.5. The summed E-state index contributed by atoms with van der Waals surface area (Å²) in [4.78, 5) is 1.36. The molecule has 0 saturated heterocycles. The summed E-state index contributed by atoms with van der Waals surface area (Å²) in [6.45, 7) is 0. The lowest BCUT2D eigenvalue weighted by Crippen LogP contribution is -2.63. The van der Waals surface area contributed by atoms with E-state index in [1.165, 1.54) is 4.90 Å². The molecule has 0 radical (unpaired) electrons. The fourth-order valence-electron chi connectivity index (χ4n) is 5.91. The lowest BCUT2D eigenvalue weighted by Gasteiger charge is -2.60. The second-order valence-corrected chi connectivity index (χ2v) is 8.02. The van der Waals surface area contributed by atoms with Crippen molar-refractivity contribution in [2.75, 3.05) is 4.90 Å². The third kappa shape index (κ3) is 3.04. The Labute approximate surface area is 155 Å². The van der Waals surface area contributed by atoms with Crippen molar-refractivity contribution in [3.8, 4) is 0 Å². The lowest BCUT2D eigenvalue weighted by molar-refractivity contribution is -0.137. The van der Waals surface area contributed by atoms with Crippen molar-refractivity contribution in [2.24, 2.45) is 23.5 Å². The van der Waals surface area contributed by atoms with E-state index in [0.717, 1.165) is 50.7 Å². The van der Waals surface area contributed by atoms with Gasteiger partial charge in [-0.2, -0.15) is 13.2 Å². The highest BCUT2D eigenvalue weighted by molar-refractivity contribution is 5.95. The van der Waals surface area contributed by atoms with Gasteiger partial charge in [0.15, 0.2) is 5.96 Å². The van der Waals surface area contributed by atoms with Gasteiger partial charge in [0.2, 0.25) is 0 Å². The summed E-state index contributed by atoms with van der Waals surface area (Å²) in [6, 6.07) is 2.64. The van der Waals surface area contributed by atoms with Crippen molar-refractivity contribution in [1.82, 2.24) is 0 Å². The molecule has 0 unspecified atom stereocenters. The standard InChI is InChI=1S/C18H21F4N3.ClH/c19-13-1-2-15(14(6-13)18(20,21)22)25(16(23)24)17-7-10-3-11(8-17)5-12(4-10)9-17;/h1-2,6,10-12H,3-5,7-9H2,(H3,23,24);1H. The normalized spacial score (nSPS) is 32.2. The average Bonchev–Trinajstić information content (AvgIpc) is 2.45. The molecule has 0 aromatic heterocycles. The van der Waals surface area contributed by atoms with E-state index in [2.05, 4.69) is 0 Å². The van der Waals surface area contributed by atoms with E-state index in [9.17, 15) is 17.6 Å². The molecule has 0 spiro atoms. The highest BCUT2D eigenvalue weighted by Crippen LogP contribution is 2.59. The van der Waals surface area contributed by atoms with Gasteiger partial charge in [-0.3, -0.25) is 5.41 Å². The van der Waals surface area contributed by atoms with Crippen LogP contribution in [0.4, 0.5) is 23.2 Å². The molecule has 1 aromatic carbocycles. The highest BCUT2D eigenvalue weighted by Gasteiger charge is 2.55. The van der Waals surface area contributed by atoms with E-state index in [-0.39, 0.29) is 24.1 Å². The van der Waals surface area contributed by atoms with Gasteiger partial charge < -0.3 is 10.6 Å². The Morgan fingerprint density at radius 1 is 1.08 bits per heavy atom. The summed E-state index contributed by atoms with van der Waals surface area (Å²) >= 11 is 0. The third-order valence-electron chi connectivity index (χ3n) is 6.23. The zero-order valence-electron chi connectivity index (χ0n) is 14.2. The smallest absolute Gasteiger partial charge is 0.370 e. The number of guanidine groups is 1. The van der Waals surface area contributed by atoms with Crippen molar-refractivity contribution < 1.29 is 17.6 Å². The van der Waals surface area contributed by atoms with Crippen LogP contribution >= 0.6 is 12.4 Å². The van der Waals surface area contributed by atoms with E-state index in [1.807, 2.05) is 0 Å². The largest absolute Gasteiger partial charge is 0.418 e. The topological polar surface area (TPSA) is 53.1 Å². The van der Waals surface area contributed by atoms with Crippen molar-refractivity contribution in [3.63, 3.8) is 0 Å². The fourth-order valence-corrected chi connectivity index (χ4v) is 5.91. The summed E-state index contributed by atoms with van der Waals surface area (Å²) in [6.07, 6.45) is 0.947. The van der Waals surface area contributed by atoms with Crippen LogP contribution in [0.25, 0.3) is 0 Å². The van der Waals surface area contributed by atoms with Crippen LogP contribution in [-0.2, 0) is 6.18 Å². The quantitative estimate of drug-likeness (QED) is 0.426. The molecule has 4 saturated carbocycles. The molecule has 3 N–H and O–H groups in total. The number of nitrogens with zero attached hydrogens (tertiary/aromatic N) is 1. The minimum absolute atomic E-state index is 0. The molecule has 4 aliphatic rings. The van der Waals surface area contributed by atoms with E-state index >= 15 is 0 Å². The van der Waals surface area contributed by atoms with Gasteiger partial charge in [0.25, 0.3) is 0 Å². The number of rotatable bonds is 2. The Kier molecular flexibility index (Phi) is 4.66. The molecule has 0 amide bonds. The number of hydrogen-bond donors (Lipinski definition) is 2. The number of halogens is 5. The first-order valence-corrected chi connectivity index (χ1v) is 8.69. The number of nitrogens with one attached hydrogen (secondary N) is 1. The second-order valence-electron chi connectivity index (χ2n) is 8.02. The van der Waals surface area contributed by atoms with Gasteiger partial charge >= 0.3 is 6.18 Å². The first-order valence-electron chi connectivity index (χ1n) is 8.69. The zero-order chi connectivity index (χ0) is 18.0. The molecule has 0 atom stereocenters. The van der Waals surface area contributed by atoms with Crippen LogP contribution in [0.1, 0.15) is 44.1 Å². The van der Waals surface area contributed by atoms with Crippen LogP contribution in [-0.4, -0.2) is 11.5 Å². The highest BCUT2D eigenvalue weighted by atomic mass is 35.5. The first kappa shape index (κ1) is 19.3. The average molecular weight is 392 g/mol. The van der Waals surface area contributed by atoms with Gasteiger partial charge in [-0.05, 0) is 74.5 Å². The SMILES string of the molecule is Cl.N=C(N)N(c1ccc(F)cc1C(F)(F)F)C12CC3CC(CC(C3)C1)C2. The minimum atomic E-state index is -4.70. The Hall–Kier alpha value is -1.50. The van der Waals surface area contributed by atoms with Crippen molar-refractivity contribution >= 4 is 24.1 Å². The maximum Gasteiger partial charge on any atom is 0.418 e. The summed E-state index contributed by atoms with van der Waals surface area (Å²) in [5.41, 5.74) is 4.00. The Bertz CT molecular complexity index is 684. The molecule has 1 aromatic rings. The summed E-state index contributed by atoms with van der Waals surface area (Å²) in [5.74, 6) is 0.137. The monoisotopic (exact) mass is 391 g/mol. The Morgan fingerprint density at radius 3 is 2.00 bits per heavy atom. The van der Waals surface area contributed by atoms with E-state index < -0.39 is 23.1 Å². The maximum atomic E-state index is 13.5. The number of anilines is 1. The third-order valence-corrected chi connectivity index (χ3v) is 6.23. The molecular weight excluding hydrogens is 370 g/mol. The molecule has 0 heterocycles. The van der Waals surface area contributed by atoms with Gasteiger partial charge in [-0.1, -0.05) is 0 Å². The molecule has 8 heteroatoms. The van der Waals surface area contributed by atoms with E-state index in [4.69, 9.17) is 11.1 Å². The number of hydrogen-bond acceptors (Lipinski definition) is 1. The molecule has 4 bridgehead atoms. The Balaban J connectivity index is 0.00000196. The first-order chi connectivity index (χ1) is 11.7. The number of benzene rings is 1. The van der Waals surface area contributed by atoms with Crippen LogP contribution < -0.4 is 10.6 Å².